The predicted molar refractivity (Wildman–Crippen MR) is 84.3 cm³/mol. The van der Waals surface area contributed by atoms with E-state index in [4.69, 9.17) is 9.47 Å². The smallest absolute Gasteiger partial charge is 0.161 e. The van der Waals surface area contributed by atoms with Crippen LogP contribution in [0.4, 0.5) is 0 Å². The zero-order valence-corrected chi connectivity index (χ0v) is 13.0. The Balaban J connectivity index is 1.93. The van der Waals surface area contributed by atoms with Crippen LogP contribution in [0.3, 0.4) is 0 Å². The normalized spacial score (nSPS) is 29.4. The lowest BCUT2D eigenvalue weighted by molar-refractivity contribution is 0.0769. The van der Waals surface area contributed by atoms with Crippen molar-refractivity contribution in [1.82, 2.24) is 4.90 Å². The van der Waals surface area contributed by atoms with E-state index >= 15 is 0 Å². The average molecular weight is 299 g/mol. The van der Waals surface area contributed by atoms with E-state index in [0.29, 0.717) is 6.42 Å². The topological polar surface area (TPSA) is 41.9 Å². The molecule has 1 aromatic carbocycles. The first-order valence-corrected chi connectivity index (χ1v) is 7.76. The Hall–Kier alpha value is -1.78. The molecule has 0 unspecified atom stereocenters. The number of hydrogen-bond acceptors (Lipinski definition) is 4. The van der Waals surface area contributed by atoms with Gasteiger partial charge in [-0.2, -0.15) is 0 Å². The Morgan fingerprint density at radius 2 is 2.00 bits per heavy atom. The van der Waals surface area contributed by atoms with Gasteiger partial charge in [-0.3, -0.25) is 4.90 Å². The van der Waals surface area contributed by atoms with Crippen LogP contribution in [0.25, 0.3) is 0 Å². The number of aliphatic hydroxyl groups is 1. The maximum absolute atomic E-state index is 10.2. The van der Waals surface area contributed by atoms with Crippen LogP contribution < -0.4 is 9.47 Å². The standard InChI is InChI=1S/C18H21NO3/c1-21-16-9-12-5-7-19-8-6-13-3-4-14(20)11-18(13,19)15(12)10-17(16)22-2/h3-4,6,9-10,14,20H,5,7-8,11H2,1-2H3/t14-,18+/m1/s1. The summed E-state index contributed by atoms with van der Waals surface area (Å²) >= 11 is 0. The summed E-state index contributed by atoms with van der Waals surface area (Å²) in [6.07, 6.45) is 7.57. The quantitative estimate of drug-likeness (QED) is 0.907. The van der Waals surface area contributed by atoms with Crippen LogP contribution in [-0.4, -0.2) is 43.4 Å². The second-order valence-corrected chi connectivity index (χ2v) is 6.21. The number of rotatable bonds is 2. The molecule has 4 heteroatoms. The van der Waals surface area contributed by atoms with Crippen LogP contribution in [0.1, 0.15) is 17.5 Å². The van der Waals surface area contributed by atoms with Gasteiger partial charge >= 0.3 is 0 Å². The van der Waals surface area contributed by atoms with E-state index in [-0.39, 0.29) is 5.54 Å². The summed E-state index contributed by atoms with van der Waals surface area (Å²) in [6, 6.07) is 4.20. The van der Waals surface area contributed by atoms with E-state index in [2.05, 4.69) is 29.2 Å². The van der Waals surface area contributed by atoms with Crippen molar-refractivity contribution in [3.05, 3.63) is 47.1 Å². The van der Waals surface area contributed by atoms with Crippen molar-refractivity contribution < 1.29 is 14.6 Å². The van der Waals surface area contributed by atoms with E-state index in [9.17, 15) is 5.11 Å². The number of nitrogens with zero attached hydrogens (tertiary/aromatic N) is 1. The maximum atomic E-state index is 10.2. The third-order valence-electron chi connectivity index (χ3n) is 5.26. The molecule has 0 aromatic heterocycles. The van der Waals surface area contributed by atoms with Crippen molar-refractivity contribution in [3.8, 4) is 11.5 Å². The largest absolute Gasteiger partial charge is 0.493 e. The molecule has 0 radical (unpaired) electrons. The first kappa shape index (κ1) is 13.9. The van der Waals surface area contributed by atoms with Gasteiger partial charge in [-0.25, -0.2) is 0 Å². The predicted octanol–water partition coefficient (Wildman–Crippen LogP) is 2.02. The molecule has 2 atom stereocenters. The van der Waals surface area contributed by atoms with Crippen LogP contribution in [0, 0.1) is 0 Å². The van der Waals surface area contributed by atoms with Crippen molar-refractivity contribution >= 4 is 0 Å². The molecule has 1 aromatic rings. The summed E-state index contributed by atoms with van der Waals surface area (Å²) in [7, 11) is 3.34. The molecule has 1 spiro atoms. The van der Waals surface area contributed by atoms with Crippen molar-refractivity contribution in [2.75, 3.05) is 27.3 Å². The van der Waals surface area contributed by atoms with Gasteiger partial charge in [0.15, 0.2) is 11.5 Å². The molecule has 0 fully saturated rings. The molecular formula is C18H21NO3. The monoisotopic (exact) mass is 299 g/mol. The summed E-state index contributed by atoms with van der Waals surface area (Å²) in [5.41, 5.74) is 3.64. The second-order valence-electron chi connectivity index (χ2n) is 6.21. The van der Waals surface area contributed by atoms with Gasteiger partial charge in [-0.1, -0.05) is 18.2 Å². The molecule has 0 saturated carbocycles. The molecule has 4 rings (SSSR count). The first-order valence-electron chi connectivity index (χ1n) is 7.76. The van der Waals surface area contributed by atoms with Gasteiger partial charge in [0.05, 0.1) is 25.9 Å². The fraction of sp³-hybridized carbons (Fsp3) is 0.444. The lowest BCUT2D eigenvalue weighted by atomic mass is 9.71. The molecular weight excluding hydrogens is 278 g/mol. The number of aliphatic hydroxyl groups excluding tert-OH is 1. The Morgan fingerprint density at radius 1 is 1.23 bits per heavy atom. The van der Waals surface area contributed by atoms with Gasteiger partial charge in [0, 0.05) is 19.5 Å². The highest BCUT2D eigenvalue weighted by Crippen LogP contribution is 2.52. The Kier molecular flexibility index (Phi) is 3.06. The van der Waals surface area contributed by atoms with Gasteiger partial charge in [-0.05, 0) is 35.3 Å². The summed E-state index contributed by atoms with van der Waals surface area (Å²) in [6.45, 7) is 1.95. The lowest BCUT2D eigenvalue weighted by Crippen LogP contribution is -2.51. The van der Waals surface area contributed by atoms with Crippen molar-refractivity contribution in [2.24, 2.45) is 0 Å². The summed E-state index contributed by atoms with van der Waals surface area (Å²) in [5, 5.41) is 10.2. The molecule has 0 amide bonds. The molecule has 0 saturated heterocycles. The van der Waals surface area contributed by atoms with Crippen LogP contribution in [0.2, 0.25) is 0 Å². The van der Waals surface area contributed by atoms with Gasteiger partial charge in [-0.15, -0.1) is 0 Å². The average Bonchev–Trinajstić information content (AvgIpc) is 2.92. The molecule has 2 heterocycles. The molecule has 22 heavy (non-hydrogen) atoms. The number of fused-ring (bicyclic) bond motifs is 1. The number of hydrogen-bond donors (Lipinski definition) is 1. The Morgan fingerprint density at radius 3 is 2.77 bits per heavy atom. The zero-order chi connectivity index (χ0) is 15.3. The van der Waals surface area contributed by atoms with Gasteiger partial charge in [0.2, 0.25) is 0 Å². The van der Waals surface area contributed by atoms with E-state index < -0.39 is 6.10 Å². The van der Waals surface area contributed by atoms with Crippen LogP contribution in [-0.2, 0) is 12.0 Å². The maximum Gasteiger partial charge on any atom is 0.161 e. The third-order valence-corrected chi connectivity index (χ3v) is 5.26. The van der Waals surface area contributed by atoms with E-state index in [1.807, 2.05) is 6.08 Å². The minimum absolute atomic E-state index is 0.207. The molecule has 3 aliphatic rings. The fourth-order valence-corrected chi connectivity index (χ4v) is 4.24. The highest BCUT2D eigenvalue weighted by molar-refractivity contribution is 5.57. The van der Waals surface area contributed by atoms with Gasteiger partial charge < -0.3 is 14.6 Å². The molecule has 1 N–H and O–H groups in total. The molecule has 116 valence electrons. The Bertz CT molecular complexity index is 679. The Labute approximate surface area is 130 Å². The van der Waals surface area contributed by atoms with Gasteiger partial charge in [0.25, 0.3) is 0 Å². The van der Waals surface area contributed by atoms with Crippen LogP contribution in [0.15, 0.2) is 35.9 Å². The second kappa shape index (κ2) is 4.86. The van der Waals surface area contributed by atoms with Crippen LogP contribution in [0.5, 0.6) is 11.5 Å². The van der Waals surface area contributed by atoms with Gasteiger partial charge in [0.1, 0.15) is 0 Å². The summed E-state index contributed by atoms with van der Waals surface area (Å²) in [4.78, 5) is 2.48. The first-order chi connectivity index (χ1) is 10.7. The van der Waals surface area contributed by atoms with E-state index in [0.717, 1.165) is 31.0 Å². The molecule has 0 bridgehead atoms. The van der Waals surface area contributed by atoms with E-state index in [1.54, 1.807) is 14.2 Å². The fourth-order valence-electron chi connectivity index (χ4n) is 4.24. The van der Waals surface area contributed by atoms with E-state index in [1.165, 1.54) is 16.7 Å². The SMILES string of the molecule is COc1cc2c(cc1OC)[C@]13C[C@H](O)C=CC1=CCN3CC2. The highest BCUT2D eigenvalue weighted by atomic mass is 16.5. The summed E-state index contributed by atoms with van der Waals surface area (Å²) in [5.74, 6) is 1.54. The third kappa shape index (κ3) is 1.71. The number of benzene rings is 1. The zero-order valence-electron chi connectivity index (χ0n) is 13.0. The minimum atomic E-state index is -0.406. The highest BCUT2D eigenvalue weighted by Gasteiger charge is 2.49. The lowest BCUT2D eigenvalue weighted by Gasteiger charge is -2.48. The number of ether oxygens (including phenoxy) is 2. The number of methoxy groups -OCH3 is 2. The van der Waals surface area contributed by atoms with Crippen LogP contribution >= 0.6 is 0 Å². The van der Waals surface area contributed by atoms with Crippen molar-refractivity contribution in [2.45, 2.75) is 24.5 Å². The molecule has 4 nitrogen and oxygen atoms in total. The minimum Gasteiger partial charge on any atom is -0.493 e. The molecule has 2 aliphatic heterocycles. The van der Waals surface area contributed by atoms with Crippen molar-refractivity contribution in [3.63, 3.8) is 0 Å². The molecule has 1 aliphatic carbocycles. The van der Waals surface area contributed by atoms with Crippen molar-refractivity contribution in [1.29, 1.82) is 0 Å². The summed E-state index contributed by atoms with van der Waals surface area (Å²) < 4.78 is 11.0.